The molecule has 1 unspecified atom stereocenters. The predicted octanol–water partition coefficient (Wildman–Crippen LogP) is 3.06. The number of nitrogens with zero attached hydrogens (tertiary/aromatic N) is 1. The lowest BCUT2D eigenvalue weighted by atomic mass is 10.1. The maximum Gasteiger partial charge on any atom is 0.0294 e. The molecular weight excluding hydrogens is 154 g/mol. The second-order valence-electron chi connectivity index (χ2n) is 2.44. The monoisotopic (exact) mass is 169 g/mol. The van der Waals surface area contributed by atoms with Gasteiger partial charge in [0.15, 0.2) is 0 Å². The van der Waals surface area contributed by atoms with E-state index in [0.717, 1.165) is 5.71 Å². The van der Waals surface area contributed by atoms with Crippen molar-refractivity contribution in [3.8, 4) is 0 Å². The smallest absolute Gasteiger partial charge is 0.0294 e. The van der Waals surface area contributed by atoms with E-state index in [4.69, 9.17) is 0 Å². The third kappa shape index (κ3) is 4.85. The average molecular weight is 169 g/mol. The van der Waals surface area contributed by atoms with Gasteiger partial charge in [-0.2, -0.15) is 0 Å². The Bertz CT molecular complexity index is 180. The van der Waals surface area contributed by atoms with E-state index in [1.54, 1.807) is 0 Å². The molecule has 11 heavy (non-hydrogen) atoms. The molecule has 0 aromatic carbocycles. The lowest BCUT2D eigenvalue weighted by Crippen LogP contribution is -2.01. The van der Waals surface area contributed by atoms with Gasteiger partial charge < -0.3 is 0 Å². The molecular formula is C9H15NS. The fourth-order valence-corrected chi connectivity index (χ4v) is 0.754. The molecule has 1 atom stereocenters. The zero-order valence-corrected chi connectivity index (χ0v) is 8.18. The summed E-state index contributed by atoms with van der Waals surface area (Å²) in [6, 6.07) is 0. The molecule has 2 heteroatoms. The molecule has 0 N–H and O–H groups in total. The first-order valence-corrected chi connectivity index (χ1v) is 4.10. The number of hydrogen-bond donors (Lipinski definition) is 1. The van der Waals surface area contributed by atoms with E-state index >= 15 is 0 Å². The van der Waals surface area contributed by atoms with Crippen LogP contribution in [-0.4, -0.2) is 5.71 Å². The molecule has 0 saturated heterocycles. The summed E-state index contributed by atoms with van der Waals surface area (Å²) in [5.41, 5.74) is 1.04. The molecule has 0 radical (unpaired) electrons. The topological polar surface area (TPSA) is 12.4 Å². The second-order valence-corrected chi connectivity index (χ2v) is 2.64. The van der Waals surface area contributed by atoms with Crippen LogP contribution in [0.5, 0.6) is 0 Å². The second kappa shape index (κ2) is 6.23. The van der Waals surface area contributed by atoms with Crippen LogP contribution in [0.3, 0.4) is 0 Å². The van der Waals surface area contributed by atoms with Crippen molar-refractivity contribution >= 4 is 18.5 Å². The third-order valence-electron chi connectivity index (χ3n) is 1.52. The summed E-state index contributed by atoms with van der Waals surface area (Å²) in [5, 5.41) is 0. The minimum atomic E-state index is 0.378. The highest BCUT2D eigenvalue weighted by atomic mass is 32.1. The highest BCUT2D eigenvalue weighted by Crippen LogP contribution is 2.01. The summed E-state index contributed by atoms with van der Waals surface area (Å²) in [7, 11) is 0. The minimum absolute atomic E-state index is 0.378. The van der Waals surface area contributed by atoms with Gasteiger partial charge in [0.2, 0.25) is 0 Å². The highest BCUT2D eigenvalue weighted by Gasteiger charge is 1.97. The molecule has 0 amide bonds. The molecule has 62 valence electrons. The van der Waals surface area contributed by atoms with Gasteiger partial charge in [-0.1, -0.05) is 31.2 Å². The van der Waals surface area contributed by atoms with Crippen molar-refractivity contribution in [1.29, 1.82) is 0 Å². The van der Waals surface area contributed by atoms with Crippen molar-refractivity contribution in [3.63, 3.8) is 0 Å². The Morgan fingerprint density at radius 2 is 2.09 bits per heavy atom. The van der Waals surface area contributed by atoms with Gasteiger partial charge in [0, 0.05) is 11.6 Å². The number of thiol groups is 1. The molecule has 0 fully saturated rings. The van der Waals surface area contributed by atoms with Gasteiger partial charge in [0.1, 0.15) is 0 Å². The standard InChI is InChI=1S/C9H15NS/c1-4-5-6-7-8(2)9(3)10-11/h4-8,11H,1-3H3/b5-4+,7-6-,10-9-. The largest absolute Gasteiger partial charge is 0.229 e. The summed E-state index contributed by atoms with van der Waals surface area (Å²) in [4.78, 5) is 0. The van der Waals surface area contributed by atoms with Crippen molar-refractivity contribution in [2.75, 3.05) is 0 Å². The Labute approximate surface area is 74.5 Å². The minimum Gasteiger partial charge on any atom is -0.229 e. The highest BCUT2D eigenvalue weighted by molar-refractivity contribution is 7.79. The normalized spacial score (nSPS) is 16.5. The van der Waals surface area contributed by atoms with Crippen molar-refractivity contribution in [3.05, 3.63) is 24.3 Å². The first-order chi connectivity index (χ1) is 5.22. The van der Waals surface area contributed by atoms with Crippen molar-refractivity contribution in [2.45, 2.75) is 20.8 Å². The molecule has 0 rings (SSSR count). The van der Waals surface area contributed by atoms with Crippen molar-refractivity contribution in [2.24, 2.45) is 10.3 Å². The summed E-state index contributed by atoms with van der Waals surface area (Å²) in [5.74, 6) is 0.378. The molecule has 0 aliphatic carbocycles. The fourth-order valence-electron chi connectivity index (χ4n) is 0.572. The first-order valence-electron chi connectivity index (χ1n) is 3.70. The molecule has 0 saturated carbocycles. The van der Waals surface area contributed by atoms with E-state index in [2.05, 4.69) is 30.2 Å². The summed E-state index contributed by atoms with van der Waals surface area (Å²) >= 11 is 3.84. The molecule has 0 aromatic heterocycles. The summed E-state index contributed by atoms with van der Waals surface area (Å²) in [6.45, 7) is 6.06. The first kappa shape index (κ1) is 10.5. The van der Waals surface area contributed by atoms with Gasteiger partial charge in [-0.05, 0) is 26.7 Å². The van der Waals surface area contributed by atoms with Crippen LogP contribution in [0.25, 0.3) is 0 Å². The fraction of sp³-hybridized carbons (Fsp3) is 0.444. The average Bonchev–Trinajstić information content (AvgIpc) is 2.03. The molecule has 1 nitrogen and oxygen atoms in total. The Morgan fingerprint density at radius 3 is 2.55 bits per heavy atom. The quantitative estimate of drug-likeness (QED) is 0.379. The van der Waals surface area contributed by atoms with Crippen molar-refractivity contribution in [1.82, 2.24) is 0 Å². The van der Waals surface area contributed by atoms with Crippen LogP contribution in [0, 0.1) is 5.92 Å². The van der Waals surface area contributed by atoms with Gasteiger partial charge in [0.05, 0.1) is 0 Å². The van der Waals surface area contributed by atoms with Crippen LogP contribution in [0.1, 0.15) is 20.8 Å². The molecule has 0 spiro atoms. The lowest BCUT2D eigenvalue weighted by Gasteiger charge is -2.01. The van der Waals surface area contributed by atoms with Crippen molar-refractivity contribution < 1.29 is 0 Å². The number of allylic oxidation sites excluding steroid dienone is 4. The molecule has 0 bridgehead atoms. The van der Waals surface area contributed by atoms with E-state index in [0.29, 0.717) is 5.92 Å². The Morgan fingerprint density at radius 1 is 1.45 bits per heavy atom. The van der Waals surface area contributed by atoms with Crippen LogP contribution in [0.4, 0.5) is 0 Å². The summed E-state index contributed by atoms with van der Waals surface area (Å²) in [6.07, 6.45) is 8.11. The molecule has 0 aromatic rings. The van der Waals surface area contributed by atoms with Gasteiger partial charge in [-0.25, -0.2) is 4.40 Å². The van der Waals surface area contributed by atoms with E-state index < -0.39 is 0 Å². The number of hydrogen-bond acceptors (Lipinski definition) is 2. The number of rotatable bonds is 3. The van der Waals surface area contributed by atoms with Crippen LogP contribution in [-0.2, 0) is 0 Å². The maximum absolute atomic E-state index is 3.84. The molecule has 0 heterocycles. The van der Waals surface area contributed by atoms with Crippen LogP contribution >= 0.6 is 12.8 Å². The Hall–Kier alpha value is -0.500. The maximum atomic E-state index is 3.84. The van der Waals surface area contributed by atoms with Gasteiger partial charge in [0.25, 0.3) is 0 Å². The van der Waals surface area contributed by atoms with E-state index in [9.17, 15) is 0 Å². The zero-order chi connectivity index (χ0) is 8.69. The van der Waals surface area contributed by atoms with E-state index in [-0.39, 0.29) is 0 Å². The third-order valence-corrected chi connectivity index (χ3v) is 1.84. The molecule has 0 aliphatic heterocycles. The SMILES string of the molecule is C/C=C/C=C\C(C)/C(C)=N\S. The van der Waals surface area contributed by atoms with Crippen LogP contribution in [0.15, 0.2) is 28.7 Å². The summed E-state index contributed by atoms with van der Waals surface area (Å²) < 4.78 is 3.80. The van der Waals surface area contributed by atoms with E-state index in [1.165, 1.54) is 0 Å². The van der Waals surface area contributed by atoms with E-state index in [1.807, 2.05) is 32.1 Å². The van der Waals surface area contributed by atoms with Crippen LogP contribution < -0.4 is 0 Å². The molecule has 0 aliphatic rings. The Kier molecular flexibility index (Phi) is 5.94. The van der Waals surface area contributed by atoms with Crippen LogP contribution in [0.2, 0.25) is 0 Å². The van der Waals surface area contributed by atoms with Gasteiger partial charge in [-0.3, -0.25) is 0 Å². The Balaban J connectivity index is 3.96. The van der Waals surface area contributed by atoms with Gasteiger partial charge >= 0.3 is 0 Å². The lowest BCUT2D eigenvalue weighted by molar-refractivity contribution is 0.995. The van der Waals surface area contributed by atoms with Gasteiger partial charge in [-0.15, -0.1) is 0 Å². The predicted molar refractivity (Wildman–Crippen MR) is 55.2 cm³/mol. The zero-order valence-electron chi connectivity index (χ0n) is 7.28.